The van der Waals surface area contributed by atoms with Crippen LogP contribution >= 0.6 is 0 Å². The fraction of sp³-hybridized carbons (Fsp3) is 0.533. The topological polar surface area (TPSA) is 101 Å². The van der Waals surface area contributed by atoms with E-state index in [-0.39, 0.29) is 11.9 Å². The van der Waals surface area contributed by atoms with Crippen LogP contribution in [0, 0.1) is 0 Å². The lowest BCUT2D eigenvalue weighted by Crippen LogP contribution is -2.45. The zero-order valence-electron chi connectivity index (χ0n) is 13.1. The number of ether oxygens (including phenoxy) is 1. The first-order chi connectivity index (χ1) is 10.3. The quantitative estimate of drug-likeness (QED) is 0.384. The molecule has 1 aliphatic rings. The van der Waals surface area contributed by atoms with Gasteiger partial charge in [-0.15, -0.1) is 0 Å². The largest absolute Gasteiger partial charge is 0.444 e. The molecule has 3 N–H and O–H groups in total. The molecule has 1 heterocycles. The molecule has 1 fully saturated rings. The van der Waals surface area contributed by atoms with Gasteiger partial charge in [0.25, 0.3) is 0 Å². The lowest BCUT2D eigenvalue weighted by Gasteiger charge is -2.32. The molecule has 1 aliphatic carbocycles. The summed E-state index contributed by atoms with van der Waals surface area (Å²) in [4.78, 5) is 18.3. The van der Waals surface area contributed by atoms with Crippen molar-refractivity contribution < 1.29 is 14.7 Å². The molecule has 7 nitrogen and oxygen atoms in total. The van der Waals surface area contributed by atoms with Crippen molar-refractivity contribution >= 4 is 11.9 Å². The smallest absolute Gasteiger partial charge is 0.411 e. The molecule has 1 aromatic rings. The van der Waals surface area contributed by atoms with Gasteiger partial charge in [-0.05, 0) is 45.7 Å². The molecule has 0 spiro atoms. The minimum absolute atomic E-state index is 0.0159. The van der Waals surface area contributed by atoms with Gasteiger partial charge >= 0.3 is 6.09 Å². The van der Waals surface area contributed by atoms with E-state index >= 15 is 0 Å². The standard InChI is InChI=1S/C15H22N4O3/c1-15(2,3)22-14(20)19(10-7-8-10)12(13(16)18-21)11-6-4-5-9-17-11/h4-6,9-10,12,21H,7-8H2,1-3H3,(H2,16,18)/t12-/m0/s1. The predicted molar refractivity (Wildman–Crippen MR) is 81.5 cm³/mol. The summed E-state index contributed by atoms with van der Waals surface area (Å²) in [5.74, 6) is -0.0866. The van der Waals surface area contributed by atoms with Gasteiger partial charge in [0.05, 0.1) is 5.69 Å². The molecule has 1 amide bonds. The number of pyridine rings is 1. The van der Waals surface area contributed by atoms with Crippen LogP contribution in [0.15, 0.2) is 29.6 Å². The summed E-state index contributed by atoms with van der Waals surface area (Å²) in [7, 11) is 0. The van der Waals surface area contributed by atoms with E-state index in [1.165, 1.54) is 4.90 Å². The lowest BCUT2D eigenvalue weighted by atomic mass is 10.1. The Morgan fingerprint density at radius 2 is 2.18 bits per heavy atom. The molecule has 0 aliphatic heterocycles. The third-order valence-corrected chi connectivity index (χ3v) is 3.19. The van der Waals surface area contributed by atoms with E-state index in [9.17, 15) is 4.79 Å². The number of amidine groups is 1. The zero-order valence-corrected chi connectivity index (χ0v) is 13.1. The van der Waals surface area contributed by atoms with Gasteiger partial charge in [-0.1, -0.05) is 11.2 Å². The van der Waals surface area contributed by atoms with Gasteiger partial charge < -0.3 is 15.7 Å². The summed E-state index contributed by atoms with van der Waals surface area (Å²) >= 11 is 0. The summed E-state index contributed by atoms with van der Waals surface area (Å²) < 4.78 is 5.47. The van der Waals surface area contributed by atoms with Crippen LogP contribution in [0.3, 0.4) is 0 Å². The van der Waals surface area contributed by atoms with E-state index in [0.717, 1.165) is 12.8 Å². The van der Waals surface area contributed by atoms with Crippen molar-refractivity contribution in [2.24, 2.45) is 10.9 Å². The maximum atomic E-state index is 12.6. The Kier molecular flexibility index (Phi) is 4.54. The van der Waals surface area contributed by atoms with Crippen LogP contribution in [0.1, 0.15) is 45.3 Å². The van der Waals surface area contributed by atoms with Crippen LogP contribution in [0.2, 0.25) is 0 Å². The van der Waals surface area contributed by atoms with Crippen molar-refractivity contribution in [1.29, 1.82) is 0 Å². The molecule has 1 saturated carbocycles. The maximum Gasteiger partial charge on any atom is 0.411 e. The minimum atomic E-state index is -0.742. The van der Waals surface area contributed by atoms with Crippen LogP contribution in [0.25, 0.3) is 0 Å². The number of aromatic nitrogens is 1. The molecule has 0 aromatic carbocycles. The third kappa shape index (κ3) is 3.87. The first kappa shape index (κ1) is 16.1. The van der Waals surface area contributed by atoms with Gasteiger partial charge in [-0.25, -0.2) is 4.79 Å². The Bertz CT molecular complexity index is 550. The van der Waals surface area contributed by atoms with E-state index in [2.05, 4.69) is 10.1 Å². The molecule has 0 saturated heterocycles. The number of hydrogen-bond donors (Lipinski definition) is 2. The number of nitrogens with two attached hydrogens (primary N) is 1. The molecule has 1 atom stereocenters. The van der Waals surface area contributed by atoms with Crippen LogP contribution in [-0.2, 0) is 4.74 Å². The number of amides is 1. The number of oxime groups is 1. The van der Waals surface area contributed by atoms with Gasteiger partial charge in [0.15, 0.2) is 5.84 Å². The van der Waals surface area contributed by atoms with E-state index in [0.29, 0.717) is 5.69 Å². The van der Waals surface area contributed by atoms with E-state index < -0.39 is 17.7 Å². The van der Waals surface area contributed by atoms with E-state index in [4.69, 9.17) is 15.7 Å². The Morgan fingerprint density at radius 3 is 2.64 bits per heavy atom. The van der Waals surface area contributed by atoms with Gasteiger partial charge in [0.2, 0.25) is 0 Å². The Balaban J connectivity index is 2.36. The fourth-order valence-corrected chi connectivity index (χ4v) is 2.16. The zero-order chi connectivity index (χ0) is 16.3. The Labute approximate surface area is 129 Å². The summed E-state index contributed by atoms with van der Waals surface area (Å²) in [6, 6.07) is 4.57. The highest BCUT2D eigenvalue weighted by Crippen LogP contribution is 2.35. The molecular formula is C15H22N4O3. The van der Waals surface area contributed by atoms with Crippen molar-refractivity contribution in [3.63, 3.8) is 0 Å². The monoisotopic (exact) mass is 306 g/mol. The first-order valence-electron chi connectivity index (χ1n) is 7.23. The molecule has 7 heteroatoms. The second kappa shape index (κ2) is 6.21. The van der Waals surface area contributed by atoms with Gasteiger partial charge in [0, 0.05) is 12.2 Å². The fourth-order valence-electron chi connectivity index (χ4n) is 2.16. The van der Waals surface area contributed by atoms with Gasteiger partial charge in [0.1, 0.15) is 11.6 Å². The highest BCUT2D eigenvalue weighted by molar-refractivity contribution is 5.89. The molecule has 0 unspecified atom stereocenters. The predicted octanol–water partition coefficient (Wildman–Crippen LogP) is 2.27. The molecule has 1 aromatic heterocycles. The Morgan fingerprint density at radius 1 is 1.50 bits per heavy atom. The van der Waals surface area contributed by atoms with Crippen LogP contribution in [0.5, 0.6) is 0 Å². The van der Waals surface area contributed by atoms with Crippen LogP contribution in [-0.4, -0.2) is 38.7 Å². The van der Waals surface area contributed by atoms with Crippen LogP contribution in [0.4, 0.5) is 4.79 Å². The van der Waals surface area contributed by atoms with Crippen LogP contribution < -0.4 is 5.73 Å². The number of carbonyl (C=O) groups excluding carboxylic acids is 1. The number of nitrogens with zero attached hydrogens (tertiary/aromatic N) is 3. The summed E-state index contributed by atoms with van der Waals surface area (Å²) in [5.41, 5.74) is 5.74. The van der Waals surface area contributed by atoms with Crippen molar-refractivity contribution in [1.82, 2.24) is 9.88 Å². The van der Waals surface area contributed by atoms with Crippen molar-refractivity contribution in [3.8, 4) is 0 Å². The lowest BCUT2D eigenvalue weighted by molar-refractivity contribution is 0.0187. The summed E-state index contributed by atoms with van der Waals surface area (Å²) in [5, 5.41) is 12.2. The average molecular weight is 306 g/mol. The highest BCUT2D eigenvalue weighted by Gasteiger charge is 2.42. The average Bonchev–Trinajstić information content (AvgIpc) is 3.27. The maximum absolute atomic E-state index is 12.6. The molecule has 120 valence electrons. The minimum Gasteiger partial charge on any atom is -0.444 e. The number of rotatable bonds is 4. The number of hydrogen-bond acceptors (Lipinski definition) is 5. The summed E-state index contributed by atoms with van der Waals surface area (Å²) in [6.45, 7) is 5.40. The van der Waals surface area contributed by atoms with Crippen molar-refractivity contribution in [2.75, 3.05) is 0 Å². The first-order valence-corrected chi connectivity index (χ1v) is 7.23. The Hall–Kier alpha value is -2.31. The molecule has 0 bridgehead atoms. The van der Waals surface area contributed by atoms with Gasteiger partial charge in [-0.2, -0.15) is 0 Å². The second-order valence-corrected chi connectivity index (χ2v) is 6.30. The van der Waals surface area contributed by atoms with E-state index in [1.807, 2.05) is 0 Å². The second-order valence-electron chi connectivity index (χ2n) is 6.30. The van der Waals surface area contributed by atoms with E-state index in [1.54, 1.807) is 45.2 Å². The highest BCUT2D eigenvalue weighted by atomic mass is 16.6. The summed E-state index contributed by atoms with van der Waals surface area (Å²) in [6.07, 6.45) is 2.84. The molecular weight excluding hydrogens is 284 g/mol. The van der Waals surface area contributed by atoms with Crippen molar-refractivity contribution in [2.45, 2.75) is 51.3 Å². The molecule has 2 rings (SSSR count). The van der Waals surface area contributed by atoms with Gasteiger partial charge in [-0.3, -0.25) is 9.88 Å². The molecule has 0 radical (unpaired) electrons. The third-order valence-electron chi connectivity index (χ3n) is 3.19. The SMILES string of the molecule is CC(C)(C)OC(=O)N(C1CC1)[C@H](C(N)=NO)c1ccccn1. The van der Waals surface area contributed by atoms with Crippen molar-refractivity contribution in [3.05, 3.63) is 30.1 Å². The normalized spacial score (nSPS) is 17.0. The number of carbonyl (C=O) groups is 1. The molecule has 22 heavy (non-hydrogen) atoms.